The molecular weight excluding hydrogens is 270 g/mol. The van der Waals surface area contributed by atoms with Crippen LogP contribution in [0.15, 0.2) is 24.3 Å². The van der Waals surface area contributed by atoms with Crippen LogP contribution in [0.3, 0.4) is 0 Å². The van der Waals surface area contributed by atoms with Gasteiger partial charge < -0.3 is 32.2 Å². The first-order valence-electron chi connectivity index (χ1n) is 3.14. The zero-order valence-corrected chi connectivity index (χ0v) is 11.4. The summed E-state index contributed by atoms with van der Waals surface area (Å²) in [6.07, 6.45) is 2.48. The van der Waals surface area contributed by atoms with Gasteiger partial charge in [-0.25, -0.2) is 12.1 Å². The number of rotatable bonds is 2. The molecule has 0 unspecified atom stereocenters. The molecule has 0 amide bonds. The average Bonchev–Trinajstić information content (AvgIpc) is 2.19. The molecule has 0 saturated carbocycles. The van der Waals surface area contributed by atoms with Gasteiger partial charge in [-0.1, -0.05) is 19.8 Å². The summed E-state index contributed by atoms with van der Waals surface area (Å²) in [5.41, 5.74) is 1.47. The van der Waals surface area contributed by atoms with E-state index in [-0.39, 0.29) is 58.4 Å². The second kappa shape index (κ2) is 14.3. The Bertz CT molecular complexity index is 138. The maximum atomic E-state index is 2.20. The van der Waals surface area contributed by atoms with Crippen LogP contribution in [0.25, 0.3) is 0 Å². The summed E-state index contributed by atoms with van der Waals surface area (Å²) in [5.74, 6) is 0. The Labute approximate surface area is 107 Å². The van der Waals surface area contributed by atoms with Gasteiger partial charge in [0.15, 0.2) is 0 Å². The third kappa shape index (κ3) is 8.91. The van der Waals surface area contributed by atoms with E-state index >= 15 is 0 Å². The van der Waals surface area contributed by atoms with E-state index in [1.54, 1.807) is 0 Å². The van der Waals surface area contributed by atoms with E-state index in [2.05, 4.69) is 31.2 Å². The molecule has 0 spiro atoms. The van der Waals surface area contributed by atoms with Gasteiger partial charge in [-0.2, -0.15) is 17.7 Å². The van der Waals surface area contributed by atoms with Crippen molar-refractivity contribution in [2.45, 2.75) is 19.8 Å². The van der Waals surface area contributed by atoms with Crippen molar-refractivity contribution in [1.82, 2.24) is 0 Å². The molecule has 12 heavy (non-hydrogen) atoms. The fourth-order valence-corrected chi connectivity index (χ4v) is 0.869. The van der Waals surface area contributed by atoms with E-state index in [0.29, 0.717) is 0 Å². The Morgan fingerprint density at radius 3 is 1.83 bits per heavy atom. The van der Waals surface area contributed by atoms with Crippen LogP contribution in [0.5, 0.6) is 0 Å². The van der Waals surface area contributed by atoms with Crippen LogP contribution in [0.4, 0.5) is 0 Å². The van der Waals surface area contributed by atoms with Gasteiger partial charge in [0.2, 0.25) is 0 Å². The Kier molecular flexibility index (Phi) is 27.5. The molecule has 1 rings (SSSR count). The maximum absolute atomic E-state index is 2.20. The molecule has 1 aromatic carbocycles. The van der Waals surface area contributed by atoms with Crippen molar-refractivity contribution in [3.8, 4) is 0 Å². The fourth-order valence-electron chi connectivity index (χ4n) is 0.869. The first-order valence-corrected chi connectivity index (χ1v) is 3.14. The number of hydrogen-bond acceptors (Lipinski definition) is 0. The number of hydrogen-bond donors (Lipinski definition) is 0. The molecule has 0 aliphatic rings. The molecule has 0 saturated heterocycles. The molecule has 1 aromatic rings. The first kappa shape index (κ1) is 23.0. The molecule has 0 N–H and O–H groups in total. The fraction of sp³-hybridized carbons (Fsp3) is 0.333. The van der Waals surface area contributed by atoms with Crippen LogP contribution in [0.1, 0.15) is 18.9 Å². The molecule has 0 aromatic heterocycles. The summed E-state index contributed by atoms with van der Waals surface area (Å²) in [7, 11) is 0. The standard InChI is InChI=1S/C8H11.CH3.2ClH.Zr/c1-2-5-8-6-3-4-7-8;;;;/h3-4,6-7H,2,5H2,1H3;1H3;2*1H;/q2*-1;;;+4/p-2. The van der Waals surface area contributed by atoms with Gasteiger partial charge in [0.1, 0.15) is 0 Å². The first-order chi connectivity index (χ1) is 3.93. The summed E-state index contributed by atoms with van der Waals surface area (Å²) < 4.78 is 0. The molecule has 0 nitrogen and oxygen atoms in total. The summed E-state index contributed by atoms with van der Waals surface area (Å²) in [6.45, 7) is 2.20. The van der Waals surface area contributed by atoms with Gasteiger partial charge in [0, 0.05) is 0 Å². The predicted molar refractivity (Wildman–Crippen MR) is 42.4 cm³/mol. The van der Waals surface area contributed by atoms with Crippen molar-refractivity contribution >= 4 is 0 Å². The van der Waals surface area contributed by atoms with Gasteiger partial charge in [0.25, 0.3) is 0 Å². The molecule has 0 aliphatic carbocycles. The van der Waals surface area contributed by atoms with Gasteiger partial charge >= 0.3 is 26.2 Å². The minimum absolute atomic E-state index is 0. The largest absolute Gasteiger partial charge is 4.00 e. The Hall–Kier alpha value is 0.813. The smallest absolute Gasteiger partial charge is 1.00 e. The quantitative estimate of drug-likeness (QED) is 0.502. The molecule has 0 fully saturated rings. The SMILES string of the molecule is CCC[c-]1cccc1.[CH3-].[Cl-].[Cl-].[Zr+4]. The Morgan fingerprint density at radius 1 is 1.08 bits per heavy atom. The van der Waals surface area contributed by atoms with E-state index in [9.17, 15) is 0 Å². The zero-order chi connectivity index (χ0) is 5.82. The van der Waals surface area contributed by atoms with Crippen molar-refractivity contribution in [3.63, 3.8) is 0 Å². The summed E-state index contributed by atoms with van der Waals surface area (Å²) in [6, 6.07) is 8.52. The van der Waals surface area contributed by atoms with Gasteiger partial charge in [-0.05, 0) is 0 Å². The molecule has 0 heterocycles. The van der Waals surface area contributed by atoms with Crippen LogP contribution in [0.2, 0.25) is 0 Å². The second-order valence-electron chi connectivity index (χ2n) is 2.04. The van der Waals surface area contributed by atoms with Crippen LogP contribution in [-0.4, -0.2) is 0 Å². The molecular formula is C9H14Cl2Zr. The topological polar surface area (TPSA) is 0 Å². The molecule has 0 radical (unpaired) electrons. The van der Waals surface area contributed by atoms with E-state index in [1.807, 2.05) is 0 Å². The van der Waals surface area contributed by atoms with Crippen LogP contribution < -0.4 is 24.8 Å². The molecule has 0 aliphatic heterocycles. The number of halogens is 2. The Balaban J connectivity index is -0.0000000800. The minimum atomic E-state index is 0. The van der Waals surface area contributed by atoms with Crippen LogP contribution in [-0.2, 0) is 32.6 Å². The van der Waals surface area contributed by atoms with Gasteiger partial charge in [-0.3, -0.25) is 0 Å². The Morgan fingerprint density at radius 2 is 1.50 bits per heavy atom. The van der Waals surface area contributed by atoms with Crippen LogP contribution >= 0.6 is 0 Å². The van der Waals surface area contributed by atoms with Gasteiger partial charge in [0.05, 0.1) is 0 Å². The zero-order valence-electron chi connectivity index (χ0n) is 7.48. The summed E-state index contributed by atoms with van der Waals surface area (Å²) in [5, 5.41) is 0. The van der Waals surface area contributed by atoms with E-state index in [0.717, 1.165) is 0 Å². The number of aryl methyl sites for hydroxylation is 1. The van der Waals surface area contributed by atoms with Crippen molar-refractivity contribution in [2.75, 3.05) is 0 Å². The van der Waals surface area contributed by atoms with Crippen molar-refractivity contribution < 1.29 is 51.0 Å². The predicted octanol–water partition coefficient (Wildman–Crippen LogP) is -3.19. The molecule has 0 atom stereocenters. The van der Waals surface area contributed by atoms with E-state index in [4.69, 9.17) is 0 Å². The van der Waals surface area contributed by atoms with Crippen molar-refractivity contribution in [3.05, 3.63) is 37.3 Å². The van der Waals surface area contributed by atoms with E-state index < -0.39 is 0 Å². The van der Waals surface area contributed by atoms with Crippen LogP contribution in [0, 0.1) is 7.43 Å². The summed E-state index contributed by atoms with van der Waals surface area (Å²) in [4.78, 5) is 0. The average molecular weight is 284 g/mol. The van der Waals surface area contributed by atoms with Crippen molar-refractivity contribution in [1.29, 1.82) is 0 Å². The molecule has 3 heteroatoms. The minimum Gasteiger partial charge on any atom is -1.00 e. The van der Waals surface area contributed by atoms with Gasteiger partial charge in [-0.15, -0.1) is 0 Å². The third-order valence-electron chi connectivity index (χ3n) is 1.27. The van der Waals surface area contributed by atoms with Crippen molar-refractivity contribution in [2.24, 2.45) is 0 Å². The van der Waals surface area contributed by atoms with E-state index in [1.165, 1.54) is 18.4 Å². The normalized spacial score (nSPS) is 6.42. The summed E-state index contributed by atoms with van der Waals surface area (Å²) >= 11 is 0. The second-order valence-corrected chi connectivity index (χ2v) is 2.04. The maximum Gasteiger partial charge on any atom is 4.00 e. The molecule has 0 bridgehead atoms. The monoisotopic (exact) mass is 282 g/mol. The molecule has 68 valence electrons. The third-order valence-corrected chi connectivity index (χ3v) is 1.27.